The van der Waals surface area contributed by atoms with Crippen molar-refractivity contribution in [3.8, 4) is 0 Å². The highest BCUT2D eigenvalue weighted by molar-refractivity contribution is 7.25. The Labute approximate surface area is 144 Å². The summed E-state index contributed by atoms with van der Waals surface area (Å²) in [6, 6.07) is 13.7. The van der Waals surface area contributed by atoms with Crippen LogP contribution in [0, 0.1) is 10.1 Å². The van der Waals surface area contributed by atoms with Crippen LogP contribution in [0.1, 0.15) is 5.56 Å². The lowest BCUT2D eigenvalue weighted by molar-refractivity contribution is -0.384. The molecule has 25 heavy (non-hydrogen) atoms. The number of fused-ring (bicyclic) bond motifs is 3. The Balaban J connectivity index is 1.78. The fraction of sp³-hybridized carbons (Fsp3) is 0. The number of nitro benzene ring substituents is 1. The number of hydrogen-bond acceptors (Lipinski definition) is 6. The summed E-state index contributed by atoms with van der Waals surface area (Å²) < 4.78 is 2.65. The van der Waals surface area contributed by atoms with Crippen molar-refractivity contribution >= 4 is 43.5 Å². The van der Waals surface area contributed by atoms with Gasteiger partial charge in [-0.1, -0.05) is 30.3 Å². The summed E-state index contributed by atoms with van der Waals surface area (Å²) in [6.45, 7) is 0. The fourth-order valence-electron chi connectivity index (χ4n) is 2.50. The van der Waals surface area contributed by atoms with Gasteiger partial charge >= 0.3 is 0 Å². The largest absolute Gasteiger partial charge is 0.291 e. The van der Waals surface area contributed by atoms with Crippen molar-refractivity contribution in [1.82, 2.24) is 9.66 Å². The van der Waals surface area contributed by atoms with Crippen LogP contribution in [0.3, 0.4) is 0 Å². The van der Waals surface area contributed by atoms with E-state index in [1.165, 1.54) is 36.0 Å². The zero-order valence-corrected chi connectivity index (χ0v) is 13.5. The number of hydrogen-bond donors (Lipinski definition) is 0. The van der Waals surface area contributed by atoms with Gasteiger partial charge in [0.05, 0.1) is 16.7 Å². The predicted molar refractivity (Wildman–Crippen MR) is 97.5 cm³/mol. The van der Waals surface area contributed by atoms with Crippen LogP contribution < -0.4 is 5.56 Å². The Morgan fingerprint density at radius 3 is 2.88 bits per heavy atom. The van der Waals surface area contributed by atoms with E-state index < -0.39 is 4.92 Å². The zero-order valence-electron chi connectivity index (χ0n) is 12.7. The van der Waals surface area contributed by atoms with Crippen molar-refractivity contribution in [1.29, 1.82) is 0 Å². The molecule has 0 amide bonds. The molecule has 2 aromatic carbocycles. The minimum atomic E-state index is -0.478. The van der Waals surface area contributed by atoms with E-state index in [2.05, 4.69) is 10.1 Å². The van der Waals surface area contributed by atoms with Crippen molar-refractivity contribution in [2.45, 2.75) is 0 Å². The summed E-state index contributed by atoms with van der Waals surface area (Å²) >= 11 is 1.37. The van der Waals surface area contributed by atoms with Gasteiger partial charge in [-0.2, -0.15) is 9.78 Å². The third-order valence-corrected chi connectivity index (χ3v) is 4.83. The Morgan fingerprint density at radius 1 is 1.20 bits per heavy atom. The van der Waals surface area contributed by atoms with Crippen molar-refractivity contribution in [3.05, 3.63) is 80.9 Å². The molecule has 0 saturated heterocycles. The third-order valence-electron chi connectivity index (χ3n) is 3.68. The van der Waals surface area contributed by atoms with Crippen LogP contribution in [0.25, 0.3) is 20.3 Å². The summed E-state index contributed by atoms with van der Waals surface area (Å²) in [6.07, 6.45) is 2.76. The molecule has 0 aliphatic carbocycles. The van der Waals surface area contributed by atoms with Gasteiger partial charge in [0, 0.05) is 27.8 Å². The summed E-state index contributed by atoms with van der Waals surface area (Å²) in [5.74, 6) is 0. The molecule has 8 heteroatoms. The van der Waals surface area contributed by atoms with Gasteiger partial charge in [0.15, 0.2) is 0 Å². The van der Waals surface area contributed by atoms with Crippen molar-refractivity contribution in [3.63, 3.8) is 0 Å². The summed E-state index contributed by atoms with van der Waals surface area (Å²) in [5, 5.41) is 15.8. The van der Waals surface area contributed by atoms with Crippen LogP contribution in [0.4, 0.5) is 5.69 Å². The van der Waals surface area contributed by atoms with Crippen molar-refractivity contribution in [2.24, 2.45) is 5.10 Å². The first-order valence-electron chi connectivity index (χ1n) is 7.31. The normalized spacial score (nSPS) is 11.5. The highest BCUT2D eigenvalue weighted by Gasteiger charge is 2.10. The van der Waals surface area contributed by atoms with Gasteiger partial charge in [-0.05, 0) is 6.07 Å². The van der Waals surface area contributed by atoms with Gasteiger partial charge in [-0.15, -0.1) is 11.3 Å². The maximum atomic E-state index is 12.6. The van der Waals surface area contributed by atoms with Gasteiger partial charge in [0.25, 0.3) is 11.2 Å². The number of nitro groups is 1. The second-order valence-corrected chi connectivity index (χ2v) is 6.32. The Bertz CT molecular complexity index is 1210. The lowest BCUT2D eigenvalue weighted by Crippen LogP contribution is -2.15. The molecule has 122 valence electrons. The number of thiophene rings is 1. The first kappa shape index (κ1) is 15.2. The quantitative estimate of drug-likeness (QED) is 0.322. The smallest absolute Gasteiger partial charge is 0.266 e. The summed E-state index contributed by atoms with van der Waals surface area (Å²) in [4.78, 5) is 27.3. The second kappa shape index (κ2) is 5.91. The van der Waals surface area contributed by atoms with E-state index in [4.69, 9.17) is 0 Å². The van der Waals surface area contributed by atoms with Crippen LogP contribution in [0.15, 0.2) is 64.8 Å². The third kappa shape index (κ3) is 2.68. The van der Waals surface area contributed by atoms with Gasteiger partial charge < -0.3 is 0 Å². The molecular weight excluding hydrogens is 340 g/mol. The molecule has 7 nitrogen and oxygen atoms in total. The number of aromatic nitrogens is 2. The molecule has 0 radical (unpaired) electrons. The molecule has 0 spiro atoms. The molecule has 0 aliphatic rings. The van der Waals surface area contributed by atoms with Gasteiger partial charge in [0.2, 0.25) is 0 Å². The van der Waals surface area contributed by atoms with Gasteiger partial charge in [0.1, 0.15) is 11.0 Å². The maximum absolute atomic E-state index is 12.6. The molecule has 2 heterocycles. The first-order valence-corrected chi connectivity index (χ1v) is 8.13. The van der Waals surface area contributed by atoms with E-state index >= 15 is 0 Å². The van der Waals surface area contributed by atoms with Crippen molar-refractivity contribution in [2.75, 3.05) is 0 Å². The monoisotopic (exact) mass is 350 g/mol. The van der Waals surface area contributed by atoms with E-state index in [0.717, 1.165) is 14.8 Å². The molecule has 4 aromatic rings. The number of nitrogens with zero attached hydrogens (tertiary/aromatic N) is 4. The van der Waals surface area contributed by atoms with E-state index in [1.807, 2.05) is 24.3 Å². The summed E-state index contributed by atoms with van der Waals surface area (Å²) in [7, 11) is 0. The fourth-order valence-corrected chi connectivity index (χ4v) is 3.59. The SMILES string of the molecule is O=c1c2sc3ccccc3c2ncn1/N=C/c1cccc([N+](=O)[O-])c1. The zero-order chi connectivity index (χ0) is 17.4. The average Bonchev–Trinajstić information content (AvgIpc) is 3.01. The predicted octanol–water partition coefficient (Wildman–Crippen LogP) is 3.40. The van der Waals surface area contributed by atoms with Gasteiger partial charge in [-0.25, -0.2) is 4.98 Å². The Kier molecular flexibility index (Phi) is 3.58. The van der Waals surface area contributed by atoms with E-state index in [1.54, 1.807) is 12.1 Å². The van der Waals surface area contributed by atoms with E-state index in [-0.39, 0.29) is 11.2 Å². The summed E-state index contributed by atoms with van der Waals surface area (Å²) in [5.41, 5.74) is 0.882. The Morgan fingerprint density at radius 2 is 2.04 bits per heavy atom. The first-order chi connectivity index (χ1) is 12.1. The molecule has 0 unspecified atom stereocenters. The maximum Gasteiger partial charge on any atom is 0.291 e. The molecule has 0 atom stereocenters. The molecule has 4 rings (SSSR count). The van der Waals surface area contributed by atoms with Crippen LogP contribution in [-0.4, -0.2) is 20.8 Å². The lowest BCUT2D eigenvalue weighted by atomic mass is 10.2. The molecule has 0 fully saturated rings. The minimum Gasteiger partial charge on any atom is -0.266 e. The van der Waals surface area contributed by atoms with Crippen LogP contribution in [0.5, 0.6) is 0 Å². The van der Waals surface area contributed by atoms with Crippen LogP contribution >= 0.6 is 11.3 Å². The van der Waals surface area contributed by atoms with Gasteiger partial charge in [-0.3, -0.25) is 14.9 Å². The lowest BCUT2D eigenvalue weighted by Gasteiger charge is -1.98. The molecular formula is C17H10N4O3S. The molecule has 0 saturated carbocycles. The average molecular weight is 350 g/mol. The van der Waals surface area contributed by atoms with E-state index in [0.29, 0.717) is 15.8 Å². The second-order valence-electron chi connectivity index (χ2n) is 5.27. The highest BCUT2D eigenvalue weighted by atomic mass is 32.1. The topological polar surface area (TPSA) is 90.4 Å². The number of benzene rings is 2. The number of non-ortho nitro benzene ring substituents is 1. The molecule has 0 N–H and O–H groups in total. The van der Waals surface area contributed by atoms with Crippen LogP contribution in [0.2, 0.25) is 0 Å². The van der Waals surface area contributed by atoms with Crippen molar-refractivity contribution < 1.29 is 4.92 Å². The minimum absolute atomic E-state index is 0.0330. The highest BCUT2D eigenvalue weighted by Crippen LogP contribution is 2.29. The molecule has 0 aliphatic heterocycles. The van der Waals surface area contributed by atoms with E-state index in [9.17, 15) is 14.9 Å². The van der Waals surface area contributed by atoms with Crippen LogP contribution in [-0.2, 0) is 0 Å². The molecule has 2 aromatic heterocycles. The standard InChI is InChI=1S/C17H10N4O3S/c22-17-16-15(13-6-1-2-7-14(13)25-16)18-10-20(17)19-9-11-4-3-5-12(8-11)21(23)24/h1-10H/b19-9+. The number of rotatable bonds is 3. The molecule has 0 bridgehead atoms. The Hall–Kier alpha value is -3.39.